The van der Waals surface area contributed by atoms with Crippen molar-refractivity contribution in [2.24, 2.45) is 0 Å². The number of aryl methyl sites for hydroxylation is 1. The van der Waals surface area contributed by atoms with Crippen LogP contribution in [0, 0.1) is 0 Å². The van der Waals surface area contributed by atoms with Gasteiger partial charge in [0.1, 0.15) is 11.5 Å². The number of halogens is 1. The number of hydrogen-bond donors (Lipinski definition) is 2. The second kappa shape index (κ2) is 10.4. The molecule has 0 saturated carbocycles. The van der Waals surface area contributed by atoms with E-state index in [4.69, 9.17) is 9.15 Å². The number of carbonyl (C=O) groups excluding carboxylic acids is 3. The van der Waals surface area contributed by atoms with Crippen molar-refractivity contribution in [1.29, 1.82) is 0 Å². The van der Waals surface area contributed by atoms with Gasteiger partial charge in [-0.25, -0.2) is 0 Å². The van der Waals surface area contributed by atoms with Crippen LogP contribution in [0.3, 0.4) is 0 Å². The van der Waals surface area contributed by atoms with Crippen molar-refractivity contribution < 1.29 is 23.5 Å². The van der Waals surface area contributed by atoms with Gasteiger partial charge in [0, 0.05) is 22.0 Å². The molecule has 0 bridgehead atoms. The van der Waals surface area contributed by atoms with Crippen molar-refractivity contribution in [3.8, 4) is 11.3 Å². The Labute approximate surface area is 181 Å². The lowest BCUT2D eigenvalue weighted by molar-refractivity contribution is -0.148. The first kappa shape index (κ1) is 21.3. The summed E-state index contributed by atoms with van der Waals surface area (Å²) in [6.45, 7) is -0.493. The number of furan rings is 1. The normalized spacial score (nSPS) is 10.3. The molecule has 2 amide bonds. The maximum atomic E-state index is 11.9. The molecule has 3 aromatic rings. The van der Waals surface area contributed by atoms with Crippen LogP contribution in [0.5, 0.6) is 0 Å². The second-order valence-corrected chi connectivity index (χ2v) is 7.22. The van der Waals surface area contributed by atoms with E-state index in [9.17, 15) is 14.4 Å². The average molecular weight is 471 g/mol. The first-order valence-corrected chi connectivity index (χ1v) is 9.95. The summed E-state index contributed by atoms with van der Waals surface area (Å²) in [6, 6.07) is 19.9. The number of carbonyl (C=O) groups is 3. The number of amides is 2. The number of ether oxygens (including phenoxy) is 1. The Balaban J connectivity index is 1.36. The van der Waals surface area contributed by atoms with Gasteiger partial charge in [-0.15, -0.1) is 0 Å². The fraction of sp³-hybridized carbons (Fsp3) is 0.136. The second-order valence-electron chi connectivity index (χ2n) is 6.30. The predicted molar refractivity (Wildman–Crippen MR) is 113 cm³/mol. The zero-order valence-electron chi connectivity index (χ0n) is 15.9. The van der Waals surface area contributed by atoms with Crippen molar-refractivity contribution in [1.82, 2.24) is 10.9 Å². The molecule has 0 aliphatic rings. The number of benzene rings is 2. The highest BCUT2D eigenvalue weighted by Crippen LogP contribution is 2.22. The van der Waals surface area contributed by atoms with Gasteiger partial charge in [-0.1, -0.05) is 46.3 Å². The molecule has 0 aliphatic carbocycles. The molecule has 0 atom stereocenters. The lowest BCUT2D eigenvalue weighted by atomic mass is 10.2. The molecule has 3 rings (SSSR count). The van der Waals surface area contributed by atoms with Gasteiger partial charge in [-0.05, 0) is 36.4 Å². The number of hydrogen-bond acceptors (Lipinski definition) is 5. The van der Waals surface area contributed by atoms with E-state index in [2.05, 4.69) is 26.8 Å². The molecule has 2 N–H and O–H groups in total. The Kier molecular flexibility index (Phi) is 7.40. The monoisotopic (exact) mass is 470 g/mol. The van der Waals surface area contributed by atoms with Crippen LogP contribution in [0.1, 0.15) is 22.5 Å². The minimum atomic E-state index is -0.641. The summed E-state index contributed by atoms with van der Waals surface area (Å²) in [4.78, 5) is 35.5. The molecule has 1 aromatic heterocycles. The fourth-order valence-electron chi connectivity index (χ4n) is 2.55. The van der Waals surface area contributed by atoms with Crippen LogP contribution in [-0.4, -0.2) is 24.4 Å². The van der Waals surface area contributed by atoms with Crippen LogP contribution in [0.25, 0.3) is 11.3 Å². The van der Waals surface area contributed by atoms with Crippen LogP contribution < -0.4 is 10.9 Å². The SMILES string of the molecule is O=C(COC(=O)CCc1ccc(-c2ccccc2)o1)NNC(=O)c1ccc(Br)cc1. The quantitative estimate of drug-likeness (QED) is 0.405. The van der Waals surface area contributed by atoms with Crippen LogP contribution in [0.15, 0.2) is 75.6 Å². The number of hydrazine groups is 1. The standard InChI is InChI=1S/C22H19BrN2O5/c23-17-8-6-16(7-9-17)22(28)25-24-20(26)14-29-21(27)13-11-18-10-12-19(30-18)15-4-2-1-3-5-15/h1-10,12H,11,13-14H2,(H,24,26)(H,25,28). The third kappa shape index (κ3) is 6.31. The molecule has 1 heterocycles. The molecule has 0 spiro atoms. The van der Waals surface area contributed by atoms with E-state index >= 15 is 0 Å². The van der Waals surface area contributed by atoms with E-state index in [1.54, 1.807) is 30.3 Å². The molecule has 0 unspecified atom stereocenters. The summed E-state index contributed by atoms with van der Waals surface area (Å²) in [5.74, 6) is -0.286. The fourth-order valence-corrected chi connectivity index (χ4v) is 2.81. The summed E-state index contributed by atoms with van der Waals surface area (Å²) < 4.78 is 11.5. The van der Waals surface area contributed by atoms with E-state index in [0.717, 1.165) is 15.8 Å². The van der Waals surface area contributed by atoms with Crippen LogP contribution in [0.2, 0.25) is 0 Å². The predicted octanol–water partition coefficient (Wildman–Crippen LogP) is 3.65. The molecule has 0 fully saturated rings. The molecule has 0 saturated heterocycles. The van der Waals surface area contributed by atoms with E-state index < -0.39 is 24.4 Å². The third-order valence-electron chi connectivity index (χ3n) is 4.08. The van der Waals surface area contributed by atoms with Gasteiger partial charge in [-0.2, -0.15) is 0 Å². The Morgan fingerprint density at radius 3 is 2.37 bits per heavy atom. The topological polar surface area (TPSA) is 97.6 Å². The highest BCUT2D eigenvalue weighted by atomic mass is 79.9. The van der Waals surface area contributed by atoms with Gasteiger partial charge in [0.2, 0.25) is 0 Å². The van der Waals surface area contributed by atoms with Gasteiger partial charge in [-0.3, -0.25) is 25.2 Å². The first-order valence-electron chi connectivity index (χ1n) is 9.16. The van der Waals surface area contributed by atoms with Crippen molar-refractivity contribution >= 4 is 33.7 Å². The molecule has 0 radical (unpaired) electrons. The maximum Gasteiger partial charge on any atom is 0.306 e. The molecule has 154 valence electrons. The van der Waals surface area contributed by atoms with Gasteiger partial charge < -0.3 is 9.15 Å². The van der Waals surface area contributed by atoms with E-state index in [1.165, 1.54) is 0 Å². The summed E-state index contributed by atoms with van der Waals surface area (Å²) in [6.07, 6.45) is 0.424. The zero-order chi connectivity index (χ0) is 21.3. The summed E-state index contributed by atoms with van der Waals surface area (Å²) in [7, 11) is 0. The molecule has 30 heavy (non-hydrogen) atoms. The Hall–Kier alpha value is -3.39. The van der Waals surface area contributed by atoms with E-state index in [1.807, 2.05) is 36.4 Å². The maximum absolute atomic E-state index is 11.9. The van der Waals surface area contributed by atoms with Crippen LogP contribution >= 0.6 is 15.9 Å². The Morgan fingerprint density at radius 2 is 1.63 bits per heavy atom. The molecule has 2 aromatic carbocycles. The van der Waals surface area contributed by atoms with Gasteiger partial charge >= 0.3 is 5.97 Å². The molecular formula is C22H19BrN2O5. The summed E-state index contributed by atoms with van der Waals surface area (Å²) in [5, 5.41) is 0. The van der Waals surface area contributed by atoms with Gasteiger partial charge in [0.05, 0.1) is 6.42 Å². The minimum absolute atomic E-state index is 0.0697. The molecule has 0 aliphatic heterocycles. The number of nitrogens with one attached hydrogen (secondary N) is 2. The zero-order valence-corrected chi connectivity index (χ0v) is 17.5. The highest BCUT2D eigenvalue weighted by Gasteiger charge is 2.12. The minimum Gasteiger partial charge on any atom is -0.461 e. The van der Waals surface area contributed by atoms with E-state index in [0.29, 0.717) is 17.7 Å². The van der Waals surface area contributed by atoms with Crippen LogP contribution in [0.4, 0.5) is 0 Å². The number of esters is 1. The van der Waals surface area contributed by atoms with Crippen molar-refractivity contribution in [3.05, 3.63) is 82.5 Å². The van der Waals surface area contributed by atoms with Crippen molar-refractivity contribution in [2.45, 2.75) is 12.8 Å². The lowest BCUT2D eigenvalue weighted by Gasteiger charge is -2.08. The first-order chi connectivity index (χ1) is 14.5. The lowest BCUT2D eigenvalue weighted by Crippen LogP contribution is -2.43. The smallest absolute Gasteiger partial charge is 0.306 e. The molecule has 8 heteroatoms. The Morgan fingerprint density at radius 1 is 0.900 bits per heavy atom. The third-order valence-corrected chi connectivity index (χ3v) is 4.61. The molecular weight excluding hydrogens is 452 g/mol. The number of rotatable bonds is 7. The van der Waals surface area contributed by atoms with Crippen molar-refractivity contribution in [3.63, 3.8) is 0 Å². The highest BCUT2D eigenvalue weighted by molar-refractivity contribution is 9.10. The largest absolute Gasteiger partial charge is 0.461 e. The van der Waals surface area contributed by atoms with Crippen molar-refractivity contribution in [2.75, 3.05) is 6.61 Å². The average Bonchev–Trinajstić information content (AvgIpc) is 3.25. The van der Waals surface area contributed by atoms with Gasteiger partial charge in [0.15, 0.2) is 6.61 Å². The Bertz CT molecular complexity index is 1020. The summed E-state index contributed by atoms with van der Waals surface area (Å²) in [5.41, 5.74) is 5.79. The molecule has 7 nitrogen and oxygen atoms in total. The van der Waals surface area contributed by atoms with Crippen LogP contribution in [-0.2, 0) is 20.7 Å². The summed E-state index contributed by atoms with van der Waals surface area (Å²) >= 11 is 3.27. The van der Waals surface area contributed by atoms with E-state index in [-0.39, 0.29) is 6.42 Å². The van der Waals surface area contributed by atoms with Gasteiger partial charge in [0.25, 0.3) is 11.8 Å².